The number of alkyl halides is 1. The Bertz CT molecular complexity index is 1340. The van der Waals surface area contributed by atoms with E-state index in [1.807, 2.05) is 0 Å². The van der Waals surface area contributed by atoms with Crippen LogP contribution in [0.3, 0.4) is 0 Å². The van der Waals surface area contributed by atoms with E-state index in [2.05, 4.69) is 5.32 Å². The molecule has 3 aromatic rings. The van der Waals surface area contributed by atoms with Crippen molar-refractivity contribution in [3.63, 3.8) is 0 Å². The summed E-state index contributed by atoms with van der Waals surface area (Å²) < 4.78 is 73.3. The fourth-order valence-corrected chi connectivity index (χ4v) is 8.07. The maximum absolute atomic E-state index is 17.1. The Morgan fingerprint density at radius 1 is 0.784 bits per heavy atom. The van der Waals surface area contributed by atoms with E-state index in [0.29, 0.717) is 5.56 Å². The van der Waals surface area contributed by atoms with E-state index < -0.39 is 58.0 Å². The number of halogens is 1. The van der Waals surface area contributed by atoms with Crippen molar-refractivity contribution in [2.75, 3.05) is 0 Å². The van der Waals surface area contributed by atoms with Crippen LogP contribution in [0.4, 0.5) is 9.18 Å². The molecule has 0 spiro atoms. The molecule has 3 aromatic carbocycles. The van der Waals surface area contributed by atoms with Gasteiger partial charge >= 0.3 is 10.4 Å². The molecule has 10 heteroatoms. The van der Waals surface area contributed by atoms with Crippen LogP contribution in [0.2, 0.25) is 0 Å². The lowest BCUT2D eigenvalue weighted by atomic mass is 10.0. The van der Waals surface area contributed by atoms with Gasteiger partial charge in [0.05, 0.1) is 9.79 Å². The monoisotopic (exact) mass is 547 g/mol. The van der Waals surface area contributed by atoms with Crippen LogP contribution in [0.25, 0.3) is 0 Å². The molecule has 0 radical (unpaired) electrons. The van der Waals surface area contributed by atoms with E-state index in [0.717, 1.165) is 24.3 Å². The minimum Gasteiger partial charge on any atom is -0.444 e. The van der Waals surface area contributed by atoms with E-state index in [4.69, 9.17) is 4.74 Å². The molecule has 0 heterocycles. The van der Waals surface area contributed by atoms with Crippen molar-refractivity contribution in [1.29, 1.82) is 0 Å². The molecule has 7 nitrogen and oxygen atoms in total. The summed E-state index contributed by atoms with van der Waals surface area (Å²) >= 11 is 0. The van der Waals surface area contributed by atoms with Gasteiger partial charge in [-0.25, -0.2) is 26.0 Å². The lowest BCUT2D eigenvalue weighted by Crippen LogP contribution is -2.50. The summed E-state index contributed by atoms with van der Waals surface area (Å²) in [4.78, 5) is 11.6. The number of alkyl carbamates (subject to hydrolysis) is 1. The number of rotatable bonds is 9. The Morgan fingerprint density at radius 3 is 1.59 bits per heavy atom. The molecule has 0 aliphatic rings. The molecule has 0 aliphatic heterocycles. The highest BCUT2D eigenvalue weighted by Crippen LogP contribution is 2.41. The van der Waals surface area contributed by atoms with Crippen LogP contribution in [-0.4, -0.2) is 38.9 Å². The average molecular weight is 548 g/mol. The van der Waals surface area contributed by atoms with E-state index in [9.17, 15) is 21.6 Å². The summed E-state index contributed by atoms with van der Waals surface area (Å²) in [7, 11) is -10.2. The molecule has 0 fully saturated rings. The van der Waals surface area contributed by atoms with Gasteiger partial charge in [-0.3, -0.25) is 0 Å². The van der Waals surface area contributed by atoms with Gasteiger partial charge in [0.1, 0.15) is 5.60 Å². The molecule has 0 bridgehead atoms. The van der Waals surface area contributed by atoms with Crippen LogP contribution < -0.4 is 5.32 Å². The van der Waals surface area contributed by atoms with Gasteiger partial charge < -0.3 is 10.1 Å². The molecule has 0 saturated heterocycles. The first-order valence-electron chi connectivity index (χ1n) is 11.6. The van der Waals surface area contributed by atoms with Crippen LogP contribution in [-0.2, 0) is 30.8 Å². The van der Waals surface area contributed by atoms with Crippen LogP contribution >= 0.6 is 0 Å². The van der Waals surface area contributed by atoms with Gasteiger partial charge in [0.25, 0.3) is 0 Å². The zero-order valence-electron chi connectivity index (χ0n) is 20.8. The zero-order chi connectivity index (χ0) is 27.3. The number of carbonyl (C=O) groups excluding carboxylic acids is 1. The summed E-state index contributed by atoms with van der Waals surface area (Å²) in [6.07, 6.45) is -2.04. The molecule has 1 atom stereocenters. The van der Waals surface area contributed by atoms with Crippen LogP contribution in [0, 0.1) is 0 Å². The Kier molecular flexibility index (Phi) is 8.44. The van der Waals surface area contributed by atoms with E-state index in [1.165, 1.54) is 36.4 Å². The molecule has 37 heavy (non-hydrogen) atoms. The third-order valence-corrected chi connectivity index (χ3v) is 10.5. The standard InChI is InChI=1S/C27H30FNO6S2/c1-26(2,3)35-25(30)29-22(19-21-13-7-4-8-14-21)20-27(28,36(31,32)23-15-9-5-10-16-23)37(33,34)24-17-11-6-12-18-24/h4-18,22H,19-20H2,1-3H3,(H,29,30)/t22-/m0/s1. The third-order valence-electron chi connectivity index (χ3n) is 5.45. The van der Waals surface area contributed by atoms with Crippen molar-refractivity contribution in [2.45, 2.75) is 59.4 Å². The summed E-state index contributed by atoms with van der Waals surface area (Å²) in [5, 5.41) is 2.49. The smallest absolute Gasteiger partial charge is 0.407 e. The lowest BCUT2D eigenvalue weighted by molar-refractivity contribution is 0.0496. The molecule has 0 aliphatic carbocycles. The topological polar surface area (TPSA) is 107 Å². The van der Waals surface area contributed by atoms with E-state index in [1.54, 1.807) is 51.1 Å². The number of nitrogens with one attached hydrogen (secondary N) is 1. The number of ether oxygens (including phenoxy) is 1. The van der Waals surface area contributed by atoms with Gasteiger partial charge in [0.2, 0.25) is 19.7 Å². The molecule has 0 saturated carbocycles. The SMILES string of the molecule is CC(C)(C)OC(=O)N[C@@H](Cc1ccccc1)CC(F)(S(=O)(=O)c1ccccc1)S(=O)(=O)c1ccccc1. The predicted octanol–water partition coefficient (Wildman–Crippen LogP) is 5.08. The minimum atomic E-state index is -5.11. The summed E-state index contributed by atoms with van der Waals surface area (Å²) in [6, 6.07) is 20.5. The van der Waals surface area contributed by atoms with Crippen LogP contribution in [0.15, 0.2) is 101 Å². The highest BCUT2D eigenvalue weighted by Gasteiger charge is 2.58. The van der Waals surface area contributed by atoms with Crippen molar-refractivity contribution in [3.05, 3.63) is 96.6 Å². The first kappa shape index (κ1) is 28.3. The molecule has 0 aromatic heterocycles. The highest BCUT2D eigenvalue weighted by atomic mass is 32.3. The number of amides is 1. The second kappa shape index (κ2) is 11.0. The van der Waals surface area contributed by atoms with Crippen LogP contribution in [0.5, 0.6) is 0 Å². The Hall–Kier alpha value is -3.24. The molecular weight excluding hydrogens is 517 g/mol. The predicted molar refractivity (Wildman–Crippen MR) is 139 cm³/mol. The normalized spacial score (nSPS) is 13.5. The third kappa shape index (κ3) is 6.56. The van der Waals surface area contributed by atoms with E-state index >= 15 is 4.39 Å². The Morgan fingerprint density at radius 2 is 1.19 bits per heavy atom. The first-order chi connectivity index (χ1) is 17.3. The van der Waals surface area contributed by atoms with Gasteiger partial charge in [-0.1, -0.05) is 66.7 Å². The van der Waals surface area contributed by atoms with Crippen molar-refractivity contribution in [2.24, 2.45) is 0 Å². The largest absolute Gasteiger partial charge is 0.444 e. The Balaban J connectivity index is 2.14. The lowest BCUT2D eigenvalue weighted by Gasteiger charge is -2.30. The molecule has 1 N–H and O–H groups in total. The van der Waals surface area contributed by atoms with Gasteiger partial charge in [-0.15, -0.1) is 0 Å². The molecular formula is C27H30FNO6S2. The highest BCUT2D eigenvalue weighted by molar-refractivity contribution is 8.10. The number of hydrogen-bond donors (Lipinski definition) is 1. The van der Waals surface area contributed by atoms with Crippen molar-refractivity contribution < 1.29 is 30.8 Å². The van der Waals surface area contributed by atoms with E-state index in [-0.39, 0.29) is 6.42 Å². The maximum atomic E-state index is 17.1. The molecule has 198 valence electrons. The van der Waals surface area contributed by atoms with Gasteiger partial charge in [0, 0.05) is 12.5 Å². The average Bonchev–Trinajstić information content (AvgIpc) is 2.84. The summed E-state index contributed by atoms with van der Waals surface area (Å²) in [5.41, 5.74) is -0.249. The van der Waals surface area contributed by atoms with Crippen molar-refractivity contribution in [3.8, 4) is 0 Å². The van der Waals surface area contributed by atoms with Crippen molar-refractivity contribution >= 4 is 25.8 Å². The second-order valence-corrected chi connectivity index (χ2v) is 14.0. The summed E-state index contributed by atoms with van der Waals surface area (Å²) in [6.45, 7) is 4.91. The molecule has 0 unspecified atom stereocenters. The molecule has 1 amide bonds. The number of carbonyl (C=O) groups is 1. The number of benzene rings is 3. The van der Waals surface area contributed by atoms with Crippen molar-refractivity contribution in [1.82, 2.24) is 5.32 Å². The maximum Gasteiger partial charge on any atom is 0.407 e. The number of sulfone groups is 2. The minimum absolute atomic E-state index is 0.0413. The number of hydrogen-bond acceptors (Lipinski definition) is 6. The Labute approximate surface area is 217 Å². The van der Waals surface area contributed by atoms with Gasteiger partial charge in [0.15, 0.2) is 0 Å². The molecule has 3 rings (SSSR count). The summed E-state index contributed by atoms with van der Waals surface area (Å²) in [5.74, 6) is 0. The second-order valence-electron chi connectivity index (χ2n) is 9.53. The van der Waals surface area contributed by atoms with Gasteiger partial charge in [-0.2, -0.15) is 0 Å². The van der Waals surface area contributed by atoms with Gasteiger partial charge in [-0.05, 0) is 57.0 Å². The quantitative estimate of drug-likeness (QED) is 0.400. The fourth-order valence-electron chi connectivity index (χ4n) is 3.76. The fraction of sp³-hybridized carbons (Fsp3) is 0.296. The van der Waals surface area contributed by atoms with Crippen LogP contribution in [0.1, 0.15) is 32.8 Å². The first-order valence-corrected chi connectivity index (χ1v) is 14.5. The zero-order valence-corrected chi connectivity index (χ0v) is 22.4.